The van der Waals surface area contributed by atoms with Crippen LogP contribution in [-0.4, -0.2) is 32.0 Å². The number of nitrogens with zero attached hydrogens (tertiary/aromatic N) is 2. The number of non-ortho nitro benzene ring substituents is 1. The summed E-state index contributed by atoms with van der Waals surface area (Å²) in [6.07, 6.45) is 0.950. The van der Waals surface area contributed by atoms with Crippen molar-refractivity contribution in [1.82, 2.24) is 0 Å². The van der Waals surface area contributed by atoms with Crippen molar-refractivity contribution in [3.05, 3.63) is 63.7 Å². The Kier molecular flexibility index (Phi) is 5.61. The van der Waals surface area contributed by atoms with Gasteiger partial charge in [-0.25, -0.2) is 8.42 Å². The molecule has 2 aromatic carbocycles. The molecule has 0 aliphatic heterocycles. The summed E-state index contributed by atoms with van der Waals surface area (Å²) in [4.78, 5) is 22.7. The maximum atomic E-state index is 12.3. The molecule has 1 N–H and O–H groups in total. The summed E-state index contributed by atoms with van der Waals surface area (Å²) in [6, 6.07) is 11.0. The summed E-state index contributed by atoms with van der Waals surface area (Å²) in [5.41, 5.74) is 1.83. The van der Waals surface area contributed by atoms with Crippen molar-refractivity contribution in [1.29, 1.82) is 0 Å². The largest absolute Gasteiger partial charge is 0.325 e. The van der Waals surface area contributed by atoms with Crippen LogP contribution in [0.1, 0.15) is 11.1 Å². The normalized spacial score (nSPS) is 11.0. The van der Waals surface area contributed by atoms with Crippen LogP contribution in [0.3, 0.4) is 0 Å². The van der Waals surface area contributed by atoms with Gasteiger partial charge >= 0.3 is 0 Å². The number of sulfonamides is 1. The zero-order valence-corrected chi connectivity index (χ0v) is 15.4. The Hall–Kier alpha value is -2.94. The first-order valence-corrected chi connectivity index (χ1v) is 9.52. The van der Waals surface area contributed by atoms with Gasteiger partial charge in [0.1, 0.15) is 6.54 Å². The van der Waals surface area contributed by atoms with Gasteiger partial charge in [-0.2, -0.15) is 0 Å². The summed E-state index contributed by atoms with van der Waals surface area (Å²) in [5, 5.41) is 13.6. The predicted molar refractivity (Wildman–Crippen MR) is 99.8 cm³/mol. The van der Waals surface area contributed by atoms with E-state index in [1.54, 1.807) is 25.1 Å². The summed E-state index contributed by atoms with van der Waals surface area (Å²) in [5.74, 6) is -0.549. The van der Waals surface area contributed by atoms with Crippen LogP contribution in [0.5, 0.6) is 0 Å². The van der Waals surface area contributed by atoms with Crippen LogP contribution in [-0.2, 0) is 14.8 Å². The molecule has 0 aliphatic rings. The third kappa shape index (κ3) is 4.79. The molecule has 0 radical (unpaired) electrons. The van der Waals surface area contributed by atoms with Gasteiger partial charge in [0.2, 0.25) is 15.9 Å². The van der Waals surface area contributed by atoms with E-state index in [9.17, 15) is 23.3 Å². The highest BCUT2D eigenvalue weighted by molar-refractivity contribution is 7.92. The topological polar surface area (TPSA) is 110 Å². The average Bonchev–Trinajstić information content (AvgIpc) is 2.52. The Morgan fingerprint density at radius 2 is 1.88 bits per heavy atom. The van der Waals surface area contributed by atoms with Crippen LogP contribution in [0.2, 0.25) is 0 Å². The second kappa shape index (κ2) is 7.52. The molecule has 0 aliphatic carbocycles. The highest BCUT2D eigenvalue weighted by Crippen LogP contribution is 2.27. The van der Waals surface area contributed by atoms with E-state index in [1.807, 2.05) is 13.0 Å². The van der Waals surface area contributed by atoms with E-state index in [4.69, 9.17) is 0 Å². The van der Waals surface area contributed by atoms with E-state index in [0.717, 1.165) is 22.2 Å². The highest BCUT2D eigenvalue weighted by atomic mass is 32.2. The van der Waals surface area contributed by atoms with Crippen LogP contribution in [0.4, 0.5) is 17.1 Å². The summed E-state index contributed by atoms with van der Waals surface area (Å²) in [6.45, 7) is 3.00. The molecule has 0 saturated carbocycles. The number of nitrogens with one attached hydrogen (secondary N) is 1. The molecule has 26 heavy (non-hydrogen) atoms. The van der Waals surface area contributed by atoms with Gasteiger partial charge in [-0.3, -0.25) is 19.2 Å². The van der Waals surface area contributed by atoms with E-state index < -0.39 is 27.4 Å². The molecule has 1 amide bonds. The first-order valence-electron chi connectivity index (χ1n) is 7.67. The number of rotatable bonds is 6. The van der Waals surface area contributed by atoms with Gasteiger partial charge in [-0.1, -0.05) is 18.2 Å². The molecule has 0 atom stereocenters. The van der Waals surface area contributed by atoms with Gasteiger partial charge < -0.3 is 5.32 Å². The number of hydrogen-bond acceptors (Lipinski definition) is 5. The molecule has 8 nitrogen and oxygen atoms in total. The number of aryl methyl sites for hydroxylation is 2. The SMILES string of the molecule is Cc1cccc(NC(=O)CN(c2cc([N+](=O)[O-])ccc2C)S(C)(=O)=O)c1. The highest BCUT2D eigenvalue weighted by Gasteiger charge is 2.24. The van der Waals surface area contributed by atoms with Crippen LogP contribution >= 0.6 is 0 Å². The Bertz CT molecular complexity index is 957. The van der Waals surface area contributed by atoms with Crippen molar-refractivity contribution in [3.8, 4) is 0 Å². The first kappa shape index (κ1) is 19.4. The molecule has 138 valence electrons. The zero-order chi connectivity index (χ0) is 19.5. The van der Waals surface area contributed by atoms with Crippen molar-refractivity contribution < 1.29 is 18.1 Å². The zero-order valence-electron chi connectivity index (χ0n) is 14.6. The van der Waals surface area contributed by atoms with E-state index in [0.29, 0.717) is 11.3 Å². The molecule has 0 spiro atoms. The smallest absolute Gasteiger partial charge is 0.271 e. The van der Waals surface area contributed by atoms with Crippen LogP contribution < -0.4 is 9.62 Å². The van der Waals surface area contributed by atoms with E-state index in [2.05, 4.69) is 5.32 Å². The number of nitro benzene ring substituents is 1. The predicted octanol–water partition coefficient (Wildman–Crippen LogP) is 2.62. The fourth-order valence-corrected chi connectivity index (χ4v) is 3.32. The number of anilines is 2. The van der Waals surface area contributed by atoms with Gasteiger partial charge in [0.05, 0.1) is 16.9 Å². The molecular weight excluding hydrogens is 358 g/mol. The lowest BCUT2D eigenvalue weighted by Crippen LogP contribution is -2.37. The molecule has 2 rings (SSSR count). The molecule has 0 heterocycles. The second-order valence-electron chi connectivity index (χ2n) is 5.92. The lowest BCUT2D eigenvalue weighted by atomic mass is 10.2. The minimum atomic E-state index is -3.83. The number of hydrogen-bond donors (Lipinski definition) is 1. The Balaban J connectivity index is 2.33. The van der Waals surface area contributed by atoms with Crippen molar-refractivity contribution in [3.63, 3.8) is 0 Å². The lowest BCUT2D eigenvalue weighted by Gasteiger charge is -2.23. The third-order valence-electron chi connectivity index (χ3n) is 3.66. The van der Waals surface area contributed by atoms with Crippen molar-refractivity contribution in [2.45, 2.75) is 13.8 Å². The minimum Gasteiger partial charge on any atom is -0.325 e. The van der Waals surface area contributed by atoms with Gasteiger partial charge in [0, 0.05) is 17.8 Å². The monoisotopic (exact) mass is 377 g/mol. The van der Waals surface area contributed by atoms with Gasteiger partial charge in [-0.15, -0.1) is 0 Å². The Labute approximate surface area is 151 Å². The fraction of sp³-hybridized carbons (Fsp3) is 0.235. The van der Waals surface area contributed by atoms with Crippen molar-refractivity contribution in [2.24, 2.45) is 0 Å². The maximum absolute atomic E-state index is 12.3. The first-order chi connectivity index (χ1) is 12.1. The molecule has 0 unspecified atom stereocenters. The van der Waals surface area contributed by atoms with Gasteiger partial charge in [0.25, 0.3) is 5.69 Å². The number of amides is 1. The third-order valence-corrected chi connectivity index (χ3v) is 4.79. The Morgan fingerprint density at radius 3 is 2.46 bits per heavy atom. The molecule has 0 bridgehead atoms. The molecule has 2 aromatic rings. The van der Waals surface area contributed by atoms with Crippen LogP contribution in [0.25, 0.3) is 0 Å². The Morgan fingerprint density at radius 1 is 1.19 bits per heavy atom. The molecule has 0 saturated heterocycles. The van der Waals surface area contributed by atoms with E-state index in [1.165, 1.54) is 12.1 Å². The molecule has 0 aromatic heterocycles. The van der Waals surface area contributed by atoms with Crippen LogP contribution in [0.15, 0.2) is 42.5 Å². The minimum absolute atomic E-state index is 0.0982. The number of benzene rings is 2. The average molecular weight is 377 g/mol. The molecule has 9 heteroatoms. The van der Waals surface area contributed by atoms with Gasteiger partial charge in [-0.05, 0) is 37.1 Å². The lowest BCUT2D eigenvalue weighted by molar-refractivity contribution is -0.384. The number of carbonyl (C=O) groups excluding carboxylic acids is 1. The van der Waals surface area contributed by atoms with Crippen molar-refractivity contribution >= 4 is 33.0 Å². The van der Waals surface area contributed by atoms with Crippen LogP contribution in [0, 0.1) is 24.0 Å². The van der Waals surface area contributed by atoms with E-state index in [-0.39, 0.29) is 11.4 Å². The standard InChI is InChI=1S/C17H19N3O5S/c1-12-5-4-6-14(9-12)18-17(21)11-19(26(3,24)25)16-10-15(20(22)23)8-7-13(16)2/h4-10H,11H2,1-3H3,(H,18,21). The summed E-state index contributed by atoms with van der Waals surface area (Å²) >= 11 is 0. The molecule has 0 fully saturated rings. The molecular formula is C17H19N3O5S. The quantitative estimate of drug-likeness (QED) is 0.615. The van der Waals surface area contributed by atoms with E-state index >= 15 is 0 Å². The summed E-state index contributed by atoms with van der Waals surface area (Å²) in [7, 11) is -3.83. The maximum Gasteiger partial charge on any atom is 0.271 e. The van der Waals surface area contributed by atoms with Crippen molar-refractivity contribution in [2.75, 3.05) is 22.4 Å². The number of carbonyl (C=O) groups is 1. The second-order valence-corrected chi connectivity index (χ2v) is 7.82. The summed E-state index contributed by atoms with van der Waals surface area (Å²) < 4.78 is 25.2. The van der Waals surface area contributed by atoms with Gasteiger partial charge in [0.15, 0.2) is 0 Å². The number of nitro groups is 1. The fourth-order valence-electron chi connectivity index (χ4n) is 2.41.